The lowest BCUT2D eigenvalue weighted by Gasteiger charge is -2.12. The van der Waals surface area contributed by atoms with Crippen LogP contribution in [-0.2, 0) is 17.4 Å². The summed E-state index contributed by atoms with van der Waals surface area (Å²) in [4.78, 5) is 12.2. The zero-order valence-corrected chi connectivity index (χ0v) is 17.6. The van der Waals surface area contributed by atoms with Gasteiger partial charge in [0.25, 0.3) is 0 Å². The lowest BCUT2D eigenvalue weighted by Crippen LogP contribution is -2.26. The third-order valence-corrected chi connectivity index (χ3v) is 5.56. The number of ether oxygens (including phenoxy) is 1. The maximum atomic E-state index is 13.0. The number of hydrogen-bond donors (Lipinski definition) is 1. The molecule has 162 valence electrons. The van der Waals surface area contributed by atoms with Crippen LogP contribution in [0.15, 0.2) is 65.3 Å². The van der Waals surface area contributed by atoms with Gasteiger partial charge in [-0.25, -0.2) is 0 Å². The molecule has 0 spiro atoms. The van der Waals surface area contributed by atoms with E-state index in [0.717, 1.165) is 17.8 Å². The molecule has 5 nitrogen and oxygen atoms in total. The van der Waals surface area contributed by atoms with E-state index in [9.17, 15) is 18.0 Å². The molecule has 1 saturated heterocycles. The molecule has 3 rings (SSSR count). The van der Waals surface area contributed by atoms with Gasteiger partial charge in [0.2, 0.25) is 5.91 Å². The number of halogens is 4. The highest BCUT2D eigenvalue weighted by Crippen LogP contribution is 2.36. The molecule has 31 heavy (non-hydrogen) atoms. The minimum Gasteiger partial charge on any atom is -0.489 e. The van der Waals surface area contributed by atoms with Crippen molar-refractivity contribution in [1.29, 1.82) is 0 Å². The minimum atomic E-state index is -4.56. The van der Waals surface area contributed by atoms with E-state index in [1.807, 2.05) is 12.1 Å². The molecule has 1 unspecified atom stereocenters. The van der Waals surface area contributed by atoms with Crippen molar-refractivity contribution in [2.45, 2.75) is 17.8 Å². The summed E-state index contributed by atoms with van der Waals surface area (Å²) in [5, 5.41) is 9.82. The summed E-state index contributed by atoms with van der Waals surface area (Å²) >= 11 is 6.74. The highest BCUT2D eigenvalue weighted by molar-refractivity contribution is 8.15. The standard InChI is InChI=1S/C21H17ClF3N3O2S/c1-2-9-30-17-6-4-3-5-14(17)12-26-28-20-27-19(29)18(31-20)11-13-7-8-16(22)15(10-13)21(23,24)25/h2-8,10,12,18H,1,9,11H2,(H,27,28,29)/b26-12+. The van der Waals surface area contributed by atoms with Gasteiger partial charge in [0.1, 0.15) is 12.4 Å². The molecule has 1 fully saturated rings. The average molecular weight is 468 g/mol. The molecule has 0 aliphatic carbocycles. The molecule has 0 aromatic heterocycles. The Kier molecular flexibility index (Phi) is 7.40. The fourth-order valence-electron chi connectivity index (χ4n) is 2.73. The Bertz CT molecular complexity index is 1040. The number of alkyl halides is 3. The maximum Gasteiger partial charge on any atom is 0.417 e. The van der Waals surface area contributed by atoms with E-state index in [4.69, 9.17) is 16.3 Å². The number of amides is 1. The summed E-state index contributed by atoms with van der Waals surface area (Å²) in [6.07, 6.45) is -1.36. The zero-order valence-electron chi connectivity index (χ0n) is 16.0. The van der Waals surface area contributed by atoms with E-state index in [2.05, 4.69) is 22.1 Å². The van der Waals surface area contributed by atoms with Crippen molar-refractivity contribution in [3.63, 3.8) is 0 Å². The molecule has 2 aromatic carbocycles. The first-order chi connectivity index (χ1) is 14.8. The van der Waals surface area contributed by atoms with Crippen LogP contribution in [0.4, 0.5) is 13.2 Å². The Morgan fingerprint density at radius 1 is 1.26 bits per heavy atom. The first-order valence-corrected chi connectivity index (χ1v) is 10.3. The van der Waals surface area contributed by atoms with Crippen molar-refractivity contribution in [3.05, 3.63) is 76.8 Å². The normalized spacial score (nSPS) is 17.9. The Hall–Kier alpha value is -2.78. The van der Waals surface area contributed by atoms with Gasteiger partial charge in [0.05, 0.1) is 22.1 Å². The van der Waals surface area contributed by atoms with Crippen molar-refractivity contribution in [3.8, 4) is 5.75 Å². The topological polar surface area (TPSA) is 63.1 Å². The molecule has 0 radical (unpaired) electrons. The van der Waals surface area contributed by atoms with Gasteiger partial charge >= 0.3 is 6.18 Å². The number of para-hydroxylation sites is 1. The van der Waals surface area contributed by atoms with Crippen molar-refractivity contribution in [2.24, 2.45) is 10.2 Å². The second kappa shape index (κ2) is 10.0. The number of nitrogens with one attached hydrogen (secondary N) is 1. The largest absolute Gasteiger partial charge is 0.489 e. The van der Waals surface area contributed by atoms with E-state index in [1.165, 1.54) is 18.3 Å². The van der Waals surface area contributed by atoms with Crippen LogP contribution < -0.4 is 10.1 Å². The Morgan fingerprint density at radius 2 is 2.03 bits per heavy atom. The summed E-state index contributed by atoms with van der Waals surface area (Å²) < 4.78 is 44.6. The molecule has 1 aliphatic rings. The van der Waals surface area contributed by atoms with Crippen LogP contribution in [0.5, 0.6) is 5.75 Å². The average Bonchev–Trinajstić information content (AvgIpc) is 3.07. The predicted molar refractivity (Wildman–Crippen MR) is 117 cm³/mol. The van der Waals surface area contributed by atoms with E-state index in [1.54, 1.807) is 18.2 Å². The highest BCUT2D eigenvalue weighted by atomic mass is 35.5. The monoisotopic (exact) mass is 467 g/mol. The molecule has 1 aliphatic heterocycles. The van der Waals surface area contributed by atoms with Crippen molar-refractivity contribution in [2.75, 3.05) is 6.61 Å². The number of thioether (sulfide) groups is 1. The van der Waals surface area contributed by atoms with Crippen LogP contribution in [0.2, 0.25) is 5.02 Å². The molecule has 0 saturated carbocycles. The Labute approximate surface area is 186 Å². The third-order valence-electron chi connectivity index (χ3n) is 4.15. The summed E-state index contributed by atoms with van der Waals surface area (Å²) in [6.45, 7) is 3.94. The summed E-state index contributed by atoms with van der Waals surface area (Å²) in [6, 6.07) is 10.8. The van der Waals surface area contributed by atoms with E-state index >= 15 is 0 Å². The van der Waals surface area contributed by atoms with Crippen molar-refractivity contribution >= 4 is 40.7 Å². The Balaban J connectivity index is 1.68. The van der Waals surface area contributed by atoms with Crippen LogP contribution >= 0.6 is 23.4 Å². The SMILES string of the molecule is C=CCOc1ccccc1/C=N/N=C1\NC(=O)C(Cc2ccc(Cl)c(C(F)(F)F)c2)S1. The van der Waals surface area contributed by atoms with Crippen LogP contribution in [0, 0.1) is 0 Å². The quantitative estimate of drug-likeness (QED) is 0.350. The summed E-state index contributed by atoms with van der Waals surface area (Å²) in [5.41, 5.74) is 0.119. The highest BCUT2D eigenvalue weighted by Gasteiger charge is 2.35. The summed E-state index contributed by atoms with van der Waals surface area (Å²) in [5.74, 6) is 0.257. The number of benzene rings is 2. The van der Waals surface area contributed by atoms with Gasteiger partial charge in [0.15, 0.2) is 5.17 Å². The third kappa shape index (κ3) is 6.11. The van der Waals surface area contributed by atoms with E-state index in [0.29, 0.717) is 23.5 Å². The number of nitrogens with zero attached hydrogens (tertiary/aromatic N) is 2. The Morgan fingerprint density at radius 3 is 2.77 bits per heavy atom. The zero-order chi connectivity index (χ0) is 22.4. The van der Waals surface area contributed by atoms with Gasteiger partial charge in [-0.15, -0.1) is 5.10 Å². The fourth-order valence-corrected chi connectivity index (χ4v) is 3.92. The molecule has 1 amide bonds. The summed E-state index contributed by atoms with van der Waals surface area (Å²) in [7, 11) is 0. The first kappa shape index (κ1) is 22.9. The molecule has 1 heterocycles. The van der Waals surface area contributed by atoms with Gasteiger partial charge in [-0.1, -0.05) is 54.2 Å². The van der Waals surface area contributed by atoms with Gasteiger partial charge < -0.3 is 10.1 Å². The van der Waals surface area contributed by atoms with Crippen LogP contribution in [-0.4, -0.2) is 29.1 Å². The molecule has 10 heteroatoms. The lowest BCUT2D eigenvalue weighted by atomic mass is 10.1. The van der Waals surface area contributed by atoms with Crippen molar-refractivity contribution < 1.29 is 22.7 Å². The molecule has 1 N–H and O–H groups in total. The second-order valence-electron chi connectivity index (χ2n) is 6.40. The maximum absolute atomic E-state index is 13.0. The van der Waals surface area contributed by atoms with Crippen LogP contribution in [0.3, 0.4) is 0 Å². The fraction of sp³-hybridized carbons (Fsp3) is 0.190. The molecular formula is C21H17ClF3N3O2S. The number of carbonyl (C=O) groups is 1. The van der Waals surface area contributed by atoms with Gasteiger partial charge in [-0.2, -0.15) is 18.3 Å². The number of rotatable bonds is 7. The van der Waals surface area contributed by atoms with Crippen LogP contribution in [0.1, 0.15) is 16.7 Å². The second-order valence-corrected chi connectivity index (χ2v) is 8.00. The lowest BCUT2D eigenvalue weighted by molar-refractivity contribution is -0.137. The number of amidine groups is 1. The van der Waals surface area contributed by atoms with E-state index in [-0.39, 0.29) is 22.5 Å². The molecule has 0 bridgehead atoms. The smallest absolute Gasteiger partial charge is 0.417 e. The molecule has 1 atom stereocenters. The van der Waals surface area contributed by atoms with Gasteiger partial charge in [0, 0.05) is 5.56 Å². The number of hydrogen-bond acceptors (Lipinski definition) is 5. The number of carbonyl (C=O) groups excluding carboxylic acids is 1. The predicted octanol–water partition coefficient (Wildman–Crippen LogP) is 5.09. The van der Waals surface area contributed by atoms with Gasteiger partial charge in [-0.05, 0) is 36.2 Å². The van der Waals surface area contributed by atoms with Crippen molar-refractivity contribution in [1.82, 2.24) is 5.32 Å². The van der Waals surface area contributed by atoms with Gasteiger partial charge in [-0.3, -0.25) is 4.79 Å². The molecule has 2 aromatic rings. The molecular weight excluding hydrogens is 451 g/mol. The van der Waals surface area contributed by atoms with E-state index < -0.39 is 17.0 Å². The first-order valence-electron chi connectivity index (χ1n) is 9.05. The van der Waals surface area contributed by atoms with Crippen LogP contribution in [0.25, 0.3) is 0 Å². The minimum absolute atomic E-state index is 0.0950.